The number of benzene rings is 1. The van der Waals surface area contributed by atoms with Crippen molar-refractivity contribution in [3.8, 4) is 11.4 Å². The second-order valence-electron chi connectivity index (χ2n) is 7.80. The second-order valence-corrected chi connectivity index (χ2v) is 7.80. The fourth-order valence-electron chi connectivity index (χ4n) is 3.94. The van der Waals surface area contributed by atoms with Gasteiger partial charge in [0.05, 0.1) is 6.04 Å². The molecule has 4 rings (SSSR count). The van der Waals surface area contributed by atoms with Gasteiger partial charge in [-0.15, -0.1) is 12.4 Å². The van der Waals surface area contributed by atoms with E-state index in [1.165, 1.54) is 5.56 Å². The number of carbonyl (C=O) groups is 1. The molecule has 0 aliphatic carbocycles. The molecule has 0 radical (unpaired) electrons. The van der Waals surface area contributed by atoms with Crippen LogP contribution in [-0.2, 0) is 11.2 Å². The average Bonchev–Trinajstić information content (AvgIpc) is 3.41. The maximum Gasteiger partial charge on any atom is 0.239 e. The van der Waals surface area contributed by atoms with Crippen molar-refractivity contribution in [3.63, 3.8) is 0 Å². The number of rotatable bonds is 6. The first kappa shape index (κ1) is 21.7. The first-order valence-electron chi connectivity index (χ1n) is 10.3. The van der Waals surface area contributed by atoms with Crippen LogP contribution in [0.25, 0.3) is 11.4 Å². The summed E-state index contributed by atoms with van der Waals surface area (Å²) < 4.78 is 5.40. The number of hydrogen-bond donors (Lipinski definition) is 1. The predicted molar refractivity (Wildman–Crippen MR) is 114 cm³/mol. The van der Waals surface area contributed by atoms with Crippen LogP contribution in [-0.4, -0.2) is 71.2 Å². The maximum atomic E-state index is 12.5. The number of piperazine rings is 1. The van der Waals surface area contributed by atoms with Crippen LogP contribution >= 0.6 is 12.4 Å². The molecule has 0 bridgehead atoms. The number of nitrogens with zero attached hydrogens (tertiary/aromatic N) is 4. The van der Waals surface area contributed by atoms with Crippen LogP contribution in [0.2, 0.25) is 0 Å². The van der Waals surface area contributed by atoms with Crippen molar-refractivity contribution in [2.75, 3.05) is 39.3 Å². The number of aryl methyl sites for hydroxylation is 2. The topological polar surface area (TPSA) is 74.5 Å². The number of amides is 1. The van der Waals surface area contributed by atoms with Gasteiger partial charge in [-0.1, -0.05) is 35.0 Å². The SMILES string of the molecule is Cc1ccc(-c2noc(CCCN3CCN(C(=O)C4CCCN4)CC3)n2)cc1.Cl. The van der Waals surface area contributed by atoms with Crippen LogP contribution in [0.4, 0.5) is 0 Å². The van der Waals surface area contributed by atoms with Crippen LogP contribution in [0.3, 0.4) is 0 Å². The Balaban J connectivity index is 0.00000240. The summed E-state index contributed by atoms with van der Waals surface area (Å²) in [5.41, 5.74) is 2.20. The van der Waals surface area contributed by atoms with Gasteiger partial charge in [-0.05, 0) is 39.3 Å². The molecule has 2 fully saturated rings. The molecule has 158 valence electrons. The highest BCUT2D eigenvalue weighted by molar-refractivity contribution is 5.85. The van der Waals surface area contributed by atoms with Gasteiger partial charge in [-0.25, -0.2) is 0 Å². The summed E-state index contributed by atoms with van der Waals surface area (Å²) >= 11 is 0. The number of aromatic nitrogens is 2. The third-order valence-electron chi connectivity index (χ3n) is 5.69. The van der Waals surface area contributed by atoms with Crippen molar-refractivity contribution in [2.45, 2.75) is 38.6 Å². The molecule has 7 nitrogen and oxygen atoms in total. The van der Waals surface area contributed by atoms with Crippen molar-refractivity contribution < 1.29 is 9.32 Å². The third kappa shape index (κ3) is 5.56. The van der Waals surface area contributed by atoms with Crippen molar-refractivity contribution in [1.82, 2.24) is 25.3 Å². The molecule has 2 aromatic rings. The minimum Gasteiger partial charge on any atom is -0.339 e. The van der Waals surface area contributed by atoms with Crippen molar-refractivity contribution in [3.05, 3.63) is 35.7 Å². The summed E-state index contributed by atoms with van der Waals surface area (Å²) in [6.07, 6.45) is 3.85. The summed E-state index contributed by atoms with van der Waals surface area (Å²) in [6.45, 7) is 7.56. The number of hydrogen-bond acceptors (Lipinski definition) is 6. The Hall–Kier alpha value is -1.96. The Morgan fingerprint density at radius 3 is 2.66 bits per heavy atom. The fourth-order valence-corrected chi connectivity index (χ4v) is 3.94. The van der Waals surface area contributed by atoms with E-state index < -0.39 is 0 Å². The van der Waals surface area contributed by atoms with E-state index in [0.29, 0.717) is 11.7 Å². The Bertz CT molecular complexity index is 781. The molecule has 29 heavy (non-hydrogen) atoms. The minimum atomic E-state index is 0. The van der Waals surface area contributed by atoms with Gasteiger partial charge < -0.3 is 14.7 Å². The Labute approximate surface area is 178 Å². The molecule has 1 unspecified atom stereocenters. The molecule has 1 aromatic carbocycles. The van der Waals surface area contributed by atoms with Gasteiger partial charge in [0.25, 0.3) is 0 Å². The standard InChI is InChI=1S/C21H29N5O2.ClH/c1-16-6-8-17(9-7-16)20-23-19(28-24-20)5-3-11-25-12-14-26(15-13-25)21(27)18-4-2-10-22-18;/h6-9,18,22H,2-5,10-15H2,1H3;1H. The first-order valence-corrected chi connectivity index (χ1v) is 10.3. The molecular weight excluding hydrogens is 390 g/mol. The van der Waals surface area contributed by atoms with E-state index in [0.717, 1.165) is 70.5 Å². The van der Waals surface area contributed by atoms with Gasteiger partial charge in [-0.2, -0.15) is 4.98 Å². The van der Waals surface area contributed by atoms with E-state index in [1.807, 2.05) is 17.0 Å². The lowest BCUT2D eigenvalue weighted by Crippen LogP contribution is -2.53. The van der Waals surface area contributed by atoms with E-state index in [2.05, 4.69) is 39.4 Å². The quantitative estimate of drug-likeness (QED) is 0.774. The Morgan fingerprint density at radius 2 is 1.97 bits per heavy atom. The average molecular weight is 420 g/mol. The van der Waals surface area contributed by atoms with Crippen molar-refractivity contribution in [1.29, 1.82) is 0 Å². The second kappa shape index (κ2) is 10.2. The van der Waals surface area contributed by atoms with Crippen LogP contribution in [0.5, 0.6) is 0 Å². The Kier molecular flexibility index (Phi) is 7.64. The van der Waals surface area contributed by atoms with Crippen LogP contribution < -0.4 is 5.32 Å². The van der Waals surface area contributed by atoms with Crippen molar-refractivity contribution >= 4 is 18.3 Å². The molecule has 1 atom stereocenters. The highest BCUT2D eigenvalue weighted by Gasteiger charge is 2.29. The molecule has 1 aromatic heterocycles. The molecular formula is C21H30ClN5O2. The zero-order valence-electron chi connectivity index (χ0n) is 17.0. The Morgan fingerprint density at radius 1 is 1.21 bits per heavy atom. The van der Waals surface area contributed by atoms with E-state index in [-0.39, 0.29) is 24.4 Å². The van der Waals surface area contributed by atoms with E-state index in [9.17, 15) is 4.79 Å². The monoisotopic (exact) mass is 419 g/mol. The molecule has 0 spiro atoms. The zero-order valence-corrected chi connectivity index (χ0v) is 17.8. The van der Waals surface area contributed by atoms with Crippen molar-refractivity contribution in [2.24, 2.45) is 0 Å². The summed E-state index contributed by atoms with van der Waals surface area (Å²) in [5.74, 6) is 1.63. The first-order chi connectivity index (χ1) is 13.7. The summed E-state index contributed by atoms with van der Waals surface area (Å²) in [5, 5.41) is 7.40. The van der Waals surface area contributed by atoms with Crippen LogP contribution in [0.1, 0.15) is 30.7 Å². The number of nitrogens with one attached hydrogen (secondary N) is 1. The molecule has 2 aliphatic heterocycles. The third-order valence-corrected chi connectivity index (χ3v) is 5.69. The molecule has 1 amide bonds. The summed E-state index contributed by atoms with van der Waals surface area (Å²) in [6, 6.07) is 8.20. The molecule has 2 aliphatic rings. The van der Waals surface area contributed by atoms with Gasteiger partial charge in [-0.3, -0.25) is 9.69 Å². The van der Waals surface area contributed by atoms with Gasteiger partial charge in [0.2, 0.25) is 17.6 Å². The lowest BCUT2D eigenvalue weighted by molar-refractivity contribution is -0.134. The lowest BCUT2D eigenvalue weighted by Gasteiger charge is -2.35. The fraction of sp³-hybridized carbons (Fsp3) is 0.571. The van der Waals surface area contributed by atoms with Crippen LogP contribution in [0, 0.1) is 6.92 Å². The molecule has 3 heterocycles. The van der Waals surface area contributed by atoms with E-state index in [4.69, 9.17) is 4.52 Å². The predicted octanol–water partition coefficient (Wildman–Crippen LogP) is 2.30. The van der Waals surface area contributed by atoms with Crippen LogP contribution in [0.15, 0.2) is 28.8 Å². The van der Waals surface area contributed by atoms with E-state index in [1.54, 1.807) is 0 Å². The highest BCUT2D eigenvalue weighted by Crippen LogP contribution is 2.17. The smallest absolute Gasteiger partial charge is 0.239 e. The number of halogens is 1. The largest absolute Gasteiger partial charge is 0.339 e. The zero-order chi connectivity index (χ0) is 19.3. The van der Waals surface area contributed by atoms with Gasteiger partial charge >= 0.3 is 0 Å². The lowest BCUT2D eigenvalue weighted by atomic mass is 10.1. The highest BCUT2D eigenvalue weighted by atomic mass is 35.5. The van der Waals surface area contributed by atoms with Gasteiger partial charge in [0.15, 0.2) is 0 Å². The molecule has 0 saturated carbocycles. The number of carbonyl (C=O) groups excluding carboxylic acids is 1. The van der Waals surface area contributed by atoms with Gasteiger partial charge in [0.1, 0.15) is 0 Å². The normalized spacial score (nSPS) is 19.9. The molecule has 1 N–H and O–H groups in total. The summed E-state index contributed by atoms with van der Waals surface area (Å²) in [4.78, 5) is 21.4. The minimum absolute atomic E-state index is 0. The summed E-state index contributed by atoms with van der Waals surface area (Å²) in [7, 11) is 0. The van der Waals surface area contributed by atoms with Gasteiger partial charge in [0, 0.05) is 38.2 Å². The van der Waals surface area contributed by atoms with E-state index >= 15 is 0 Å². The molecule has 8 heteroatoms. The maximum absolute atomic E-state index is 12.5. The molecule has 2 saturated heterocycles.